The molecule has 0 unspecified atom stereocenters. The van der Waals surface area contributed by atoms with Gasteiger partial charge in [0, 0.05) is 10.6 Å². The number of ether oxygens (including phenoxy) is 2. The van der Waals surface area contributed by atoms with Crippen LogP contribution in [0, 0.1) is 0 Å². The zero-order chi connectivity index (χ0) is 18.7. The van der Waals surface area contributed by atoms with E-state index in [1.54, 1.807) is 32.4 Å². The highest BCUT2D eigenvalue weighted by Crippen LogP contribution is 2.38. The number of nitrogens with two attached hydrogens (primary N) is 1. The van der Waals surface area contributed by atoms with E-state index in [2.05, 4.69) is 9.97 Å². The van der Waals surface area contributed by atoms with Crippen molar-refractivity contribution in [2.45, 2.75) is 9.92 Å². The molecule has 0 bridgehead atoms. The van der Waals surface area contributed by atoms with Crippen LogP contribution >= 0.6 is 35.0 Å². The molecule has 1 aromatic heterocycles. The van der Waals surface area contributed by atoms with Crippen molar-refractivity contribution in [1.82, 2.24) is 9.97 Å². The van der Waals surface area contributed by atoms with Gasteiger partial charge in [0.1, 0.15) is 16.5 Å². The van der Waals surface area contributed by atoms with Crippen LogP contribution in [0.4, 0.5) is 5.95 Å². The summed E-state index contributed by atoms with van der Waals surface area (Å²) in [5.74, 6) is 1.58. The fourth-order valence-corrected chi connectivity index (χ4v) is 3.77. The Bertz CT molecular complexity index is 954. The maximum Gasteiger partial charge on any atom is 0.221 e. The van der Waals surface area contributed by atoms with Crippen molar-refractivity contribution in [2.75, 3.05) is 20.0 Å². The molecule has 8 heteroatoms. The van der Waals surface area contributed by atoms with E-state index in [1.165, 1.54) is 11.8 Å². The molecule has 2 N–H and O–H groups in total. The lowest BCUT2D eigenvalue weighted by atomic mass is 10.1. The summed E-state index contributed by atoms with van der Waals surface area (Å²) in [6.45, 7) is 0. The Hall–Kier alpha value is -2.15. The number of nitrogens with zero attached hydrogens (tertiary/aromatic N) is 2. The number of aromatic nitrogens is 2. The first-order valence-corrected chi connectivity index (χ1v) is 9.07. The summed E-state index contributed by atoms with van der Waals surface area (Å²) in [6.07, 6.45) is 0. The molecule has 5 nitrogen and oxygen atoms in total. The standard InChI is InChI=1S/C18H15Cl2N3O2S/c1-24-11-4-6-15(25-2)16(8-11)26-17-9-14(22-18(21)23-17)12-5-3-10(19)7-13(12)20/h3-9H,1-2H3,(H2,21,22,23). The number of rotatable bonds is 5. The molecule has 0 atom stereocenters. The van der Waals surface area contributed by atoms with Gasteiger partial charge in [-0.1, -0.05) is 35.0 Å². The molecule has 0 amide bonds. The third kappa shape index (κ3) is 4.15. The first-order valence-electron chi connectivity index (χ1n) is 7.50. The molecular formula is C18H15Cl2N3O2S. The average molecular weight is 408 g/mol. The number of hydrogen-bond donors (Lipinski definition) is 1. The number of anilines is 1. The van der Waals surface area contributed by atoms with Crippen molar-refractivity contribution in [3.8, 4) is 22.8 Å². The summed E-state index contributed by atoms with van der Waals surface area (Å²) >= 11 is 13.6. The largest absolute Gasteiger partial charge is 0.497 e. The van der Waals surface area contributed by atoms with E-state index in [1.807, 2.05) is 24.3 Å². The molecule has 3 rings (SSSR count). The third-order valence-electron chi connectivity index (χ3n) is 3.51. The molecule has 0 aliphatic carbocycles. The first kappa shape index (κ1) is 18.6. The van der Waals surface area contributed by atoms with Gasteiger partial charge in [-0.25, -0.2) is 9.97 Å². The molecule has 0 aliphatic rings. The predicted molar refractivity (Wildman–Crippen MR) is 106 cm³/mol. The van der Waals surface area contributed by atoms with Crippen LogP contribution in [0.5, 0.6) is 11.5 Å². The lowest BCUT2D eigenvalue weighted by molar-refractivity contribution is 0.394. The highest BCUT2D eigenvalue weighted by atomic mass is 35.5. The summed E-state index contributed by atoms with van der Waals surface area (Å²) in [5.41, 5.74) is 7.24. The summed E-state index contributed by atoms with van der Waals surface area (Å²) in [4.78, 5) is 9.42. The molecule has 0 aliphatic heterocycles. The second kappa shape index (κ2) is 8.03. The van der Waals surface area contributed by atoms with Gasteiger partial charge in [-0.2, -0.15) is 0 Å². The van der Waals surface area contributed by atoms with Crippen molar-refractivity contribution >= 4 is 40.9 Å². The van der Waals surface area contributed by atoms with Crippen LogP contribution in [-0.4, -0.2) is 24.2 Å². The predicted octanol–water partition coefficient (Wildman–Crippen LogP) is 5.20. The van der Waals surface area contributed by atoms with E-state index in [4.69, 9.17) is 38.4 Å². The van der Waals surface area contributed by atoms with Crippen LogP contribution in [0.2, 0.25) is 10.0 Å². The van der Waals surface area contributed by atoms with Crippen LogP contribution in [0.15, 0.2) is 52.4 Å². The second-order valence-corrected chi connectivity index (χ2v) is 7.10. The topological polar surface area (TPSA) is 70.3 Å². The molecule has 134 valence electrons. The highest BCUT2D eigenvalue weighted by Gasteiger charge is 2.13. The summed E-state index contributed by atoms with van der Waals surface area (Å²) < 4.78 is 10.7. The number of benzene rings is 2. The van der Waals surface area contributed by atoms with Gasteiger partial charge in [-0.3, -0.25) is 0 Å². The van der Waals surface area contributed by atoms with Gasteiger partial charge in [-0.15, -0.1) is 0 Å². The van der Waals surface area contributed by atoms with Gasteiger partial charge in [0.05, 0.1) is 29.8 Å². The SMILES string of the molecule is COc1ccc(OC)c(Sc2cc(-c3ccc(Cl)cc3Cl)nc(N)n2)c1. The third-order valence-corrected chi connectivity index (χ3v) is 5.02. The smallest absolute Gasteiger partial charge is 0.221 e. The maximum atomic E-state index is 6.29. The quantitative estimate of drug-likeness (QED) is 0.585. The monoisotopic (exact) mass is 407 g/mol. The van der Waals surface area contributed by atoms with Crippen LogP contribution in [0.1, 0.15) is 0 Å². The van der Waals surface area contributed by atoms with E-state index >= 15 is 0 Å². The number of halogens is 2. The van der Waals surface area contributed by atoms with Crippen LogP contribution in [0.3, 0.4) is 0 Å². The molecule has 1 heterocycles. The maximum absolute atomic E-state index is 6.29. The van der Waals surface area contributed by atoms with Gasteiger partial charge in [0.25, 0.3) is 0 Å². The minimum absolute atomic E-state index is 0.151. The van der Waals surface area contributed by atoms with Gasteiger partial charge < -0.3 is 15.2 Å². The van der Waals surface area contributed by atoms with Crippen molar-refractivity contribution in [2.24, 2.45) is 0 Å². The Morgan fingerprint density at radius 1 is 0.962 bits per heavy atom. The molecule has 0 spiro atoms. The second-order valence-electron chi connectivity index (χ2n) is 5.19. The van der Waals surface area contributed by atoms with Gasteiger partial charge in [-0.05, 0) is 42.5 Å². The molecule has 26 heavy (non-hydrogen) atoms. The lowest BCUT2D eigenvalue weighted by Crippen LogP contribution is -1.98. The molecule has 0 saturated carbocycles. The van der Waals surface area contributed by atoms with Crippen LogP contribution in [-0.2, 0) is 0 Å². The number of nitrogen functional groups attached to an aromatic ring is 1. The molecule has 0 fully saturated rings. The first-order chi connectivity index (χ1) is 12.5. The minimum atomic E-state index is 0.151. The number of methoxy groups -OCH3 is 2. The molecule has 2 aromatic carbocycles. The van der Waals surface area contributed by atoms with Crippen LogP contribution < -0.4 is 15.2 Å². The highest BCUT2D eigenvalue weighted by molar-refractivity contribution is 7.99. The minimum Gasteiger partial charge on any atom is -0.497 e. The van der Waals surface area contributed by atoms with Crippen molar-refractivity contribution in [3.05, 3.63) is 52.5 Å². The summed E-state index contributed by atoms with van der Waals surface area (Å²) in [7, 11) is 3.22. The fourth-order valence-electron chi connectivity index (χ4n) is 2.31. The lowest BCUT2D eigenvalue weighted by Gasteiger charge is -2.11. The van der Waals surface area contributed by atoms with Crippen molar-refractivity contribution in [3.63, 3.8) is 0 Å². The van der Waals surface area contributed by atoms with Crippen LogP contribution in [0.25, 0.3) is 11.3 Å². The Morgan fingerprint density at radius 2 is 1.77 bits per heavy atom. The fraction of sp³-hybridized carbons (Fsp3) is 0.111. The Morgan fingerprint density at radius 3 is 2.46 bits per heavy atom. The van der Waals surface area contributed by atoms with E-state index in [0.717, 1.165) is 16.2 Å². The number of hydrogen-bond acceptors (Lipinski definition) is 6. The van der Waals surface area contributed by atoms with Crippen molar-refractivity contribution < 1.29 is 9.47 Å². The molecule has 0 saturated heterocycles. The molecule has 0 radical (unpaired) electrons. The Kier molecular flexibility index (Phi) is 5.76. The zero-order valence-electron chi connectivity index (χ0n) is 14.0. The van der Waals surface area contributed by atoms with Crippen molar-refractivity contribution in [1.29, 1.82) is 0 Å². The normalized spacial score (nSPS) is 10.6. The van der Waals surface area contributed by atoms with Gasteiger partial charge in [0.15, 0.2) is 0 Å². The molecular weight excluding hydrogens is 393 g/mol. The van der Waals surface area contributed by atoms with E-state index in [0.29, 0.717) is 26.5 Å². The average Bonchev–Trinajstić information content (AvgIpc) is 2.61. The van der Waals surface area contributed by atoms with E-state index in [9.17, 15) is 0 Å². The van der Waals surface area contributed by atoms with E-state index in [-0.39, 0.29) is 5.95 Å². The summed E-state index contributed by atoms with van der Waals surface area (Å²) in [5, 5.41) is 1.70. The van der Waals surface area contributed by atoms with Gasteiger partial charge >= 0.3 is 0 Å². The van der Waals surface area contributed by atoms with Gasteiger partial charge in [0.2, 0.25) is 5.95 Å². The Balaban J connectivity index is 2.01. The summed E-state index contributed by atoms with van der Waals surface area (Å²) in [6, 6.07) is 12.6. The molecule has 3 aromatic rings. The van der Waals surface area contributed by atoms with E-state index < -0.39 is 0 Å². The Labute approximate surface area is 165 Å². The zero-order valence-corrected chi connectivity index (χ0v) is 16.3.